The smallest absolute Gasteiger partial charge is 0.326 e. The number of hydrogen-bond acceptors (Lipinski definition) is 4. The van der Waals surface area contributed by atoms with Crippen LogP contribution in [-0.2, 0) is 14.3 Å². The Balaban J connectivity index is 1.84. The lowest BCUT2D eigenvalue weighted by atomic mass is 9.75. The number of carboxylic acid groups (broad SMARTS) is 1. The summed E-state index contributed by atoms with van der Waals surface area (Å²) in [4.78, 5) is 43.1. The van der Waals surface area contributed by atoms with Crippen LogP contribution in [0.3, 0.4) is 0 Å². The average molecular weight is 424 g/mol. The molecule has 0 spiro atoms. The zero-order valence-electron chi connectivity index (χ0n) is 18.8. The van der Waals surface area contributed by atoms with Gasteiger partial charge in [0.2, 0.25) is 0 Å². The number of urea groups is 1. The molecule has 0 radical (unpaired) electrons. The number of ether oxygens (including phenoxy) is 1. The fourth-order valence-corrected chi connectivity index (χ4v) is 5.07. The number of nitrogens with zero attached hydrogens (tertiary/aromatic N) is 3. The number of hydrogen-bond donors (Lipinski definition) is 1. The van der Waals surface area contributed by atoms with Gasteiger partial charge in [-0.2, -0.15) is 0 Å². The van der Waals surface area contributed by atoms with Gasteiger partial charge in [-0.1, -0.05) is 13.8 Å². The highest BCUT2D eigenvalue weighted by molar-refractivity contribution is 5.85. The minimum Gasteiger partial charge on any atom is -0.480 e. The fraction of sp³-hybridized carbons (Fsp3) is 0.864. The van der Waals surface area contributed by atoms with E-state index in [-0.39, 0.29) is 42.4 Å². The van der Waals surface area contributed by atoms with E-state index in [2.05, 4.69) is 13.8 Å². The van der Waals surface area contributed by atoms with Gasteiger partial charge in [0.15, 0.2) is 0 Å². The molecule has 8 nitrogen and oxygen atoms in total. The monoisotopic (exact) mass is 423 g/mol. The molecule has 2 heterocycles. The van der Waals surface area contributed by atoms with Gasteiger partial charge in [-0.3, -0.25) is 4.79 Å². The van der Waals surface area contributed by atoms with Crippen LogP contribution in [0.4, 0.5) is 4.79 Å². The summed E-state index contributed by atoms with van der Waals surface area (Å²) in [6, 6.07) is -1.41. The first-order valence-corrected chi connectivity index (χ1v) is 11.3. The Morgan fingerprint density at radius 3 is 2.33 bits per heavy atom. The molecule has 1 aliphatic carbocycles. The van der Waals surface area contributed by atoms with E-state index in [0.717, 1.165) is 32.1 Å². The van der Waals surface area contributed by atoms with Gasteiger partial charge in [0, 0.05) is 39.2 Å². The van der Waals surface area contributed by atoms with Crippen molar-refractivity contribution in [3.05, 3.63) is 0 Å². The molecular formula is C22H37N3O5. The van der Waals surface area contributed by atoms with Crippen LogP contribution in [0.25, 0.3) is 0 Å². The van der Waals surface area contributed by atoms with Crippen LogP contribution in [0.5, 0.6) is 0 Å². The number of likely N-dealkylation sites (tertiary alicyclic amines) is 1. The average Bonchev–Trinajstić information content (AvgIpc) is 3.38. The van der Waals surface area contributed by atoms with Crippen molar-refractivity contribution in [2.45, 2.75) is 89.9 Å². The molecule has 1 N–H and O–H groups in total. The molecule has 1 unspecified atom stereocenters. The third-order valence-corrected chi connectivity index (χ3v) is 7.17. The van der Waals surface area contributed by atoms with Crippen molar-refractivity contribution in [3.63, 3.8) is 0 Å². The largest absolute Gasteiger partial charge is 0.480 e. The van der Waals surface area contributed by atoms with Gasteiger partial charge in [-0.25, -0.2) is 9.59 Å². The molecule has 3 fully saturated rings. The van der Waals surface area contributed by atoms with Gasteiger partial charge in [0.05, 0.1) is 6.04 Å². The standard InChI is InChI=1S/C22H37N3O5/c1-5-23(4)21(29)24-14-16(13-17(24)20(27)28)25(19(26)18-7-6-12-30-18)15-8-10-22(2,3)11-9-15/h15-18H,5-14H2,1-4H3,(H,27,28)/t16-,17-,18?/m0/s1. The second-order valence-corrected chi connectivity index (χ2v) is 9.84. The summed E-state index contributed by atoms with van der Waals surface area (Å²) < 4.78 is 5.69. The molecule has 2 aliphatic heterocycles. The normalized spacial score (nSPS) is 29.1. The molecule has 3 atom stereocenters. The molecule has 0 aromatic carbocycles. The topological polar surface area (TPSA) is 90.4 Å². The van der Waals surface area contributed by atoms with Crippen molar-refractivity contribution in [2.24, 2.45) is 5.41 Å². The Kier molecular flexibility index (Phi) is 6.95. The molecular weight excluding hydrogens is 386 g/mol. The first-order valence-electron chi connectivity index (χ1n) is 11.3. The lowest BCUT2D eigenvalue weighted by Gasteiger charge is -2.43. The highest BCUT2D eigenvalue weighted by atomic mass is 16.5. The number of carbonyl (C=O) groups is 3. The summed E-state index contributed by atoms with van der Waals surface area (Å²) in [6.45, 7) is 7.73. The van der Waals surface area contributed by atoms with Crippen molar-refractivity contribution in [3.8, 4) is 0 Å². The first-order chi connectivity index (χ1) is 14.1. The molecule has 1 saturated carbocycles. The SMILES string of the molecule is CCN(C)C(=O)N1C[C@@H](N(C(=O)C2CCCO2)C2CCC(C)(C)CC2)C[C@H]1C(=O)O. The highest BCUT2D eigenvalue weighted by Gasteiger charge is 2.47. The van der Waals surface area contributed by atoms with Crippen molar-refractivity contribution in [1.82, 2.24) is 14.7 Å². The summed E-state index contributed by atoms with van der Waals surface area (Å²) in [7, 11) is 1.67. The van der Waals surface area contributed by atoms with Gasteiger partial charge in [0.1, 0.15) is 12.1 Å². The lowest BCUT2D eigenvalue weighted by molar-refractivity contribution is -0.148. The predicted octanol–water partition coefficient (Wildman–Crippen LogP) is 2.56. The molecule has 3 aliphatic rings. The maximum atomic E-state index is 13.5. The minimum absolute atomic E-state index is 0.0236. The summed E-state index contributed by atoms with van der Waals surface area (Å²) in [6.07, 6.45) is 5.29. The van der Waals surface area contributed by atoms with Crippen LogP contribution in [0.2, 0.25) is 0 Å². The maximum absolute atomic E-state index is 13.5. The van der Waals surface area contributed by atoms with Gasteiger partial charge in [0.25, 0.3) is 5.91 Å². The molecule has 0 aromatic heterocycles. The van der Waals surface area contributed by atoms with Crippen LogP contribution in [0.1, 0.15) is 65.7 Å². The maximum Gasteiger partial charge on any atom is 0.326 e. The molecule has 2 saturated heterocycles. The van der Waals surface area contributed by atoms with Gasteiger partial charge < -0.3 is 24.5 Å². The van der Waals surface area contributed by atoms with Crippen molar-refractivity contribution >= 4 is 17.9 Å². The molecule has 8 heteroatoms. The Morgan fingerprint density at radius 1 is 1.13 bits per heavy atom. The zero-order chi connectivity index (χ0) is 22.1. The summed E-state index contributed by atoms with van der Waals surface area (Å²) >= 11 is 0. The summed E-state index contributed by atoms with van der Waals surface area (Å²) in [5, 5.41) is 9.78. The van der Waals surface area contributed by atoms with E-state index in [1.807, 2.05) is 11.8 Å². The van der Waals surface area contributed by atoms with E-state index in [1.165, 1.54) is 9.80 Å². The van der Waals surface area contributed by atoms with Gasteiger partial charge in [-0.15, -0.1) is 0 Å². The van der Waals surface area contributed by atoms with Gasteiger partial charge in [-0.05, 0) is 50.9 Å². The Labute approximate surface area is 179 Å². The molecule has 3 rings (SSSR count). The number of rotatable bonds is 5. The molecule has 0 bridgehead atoms. The molecule has 30 heavy (non-hydrogen) atoms. The van der Waals surface area contributed by atoms with Crippen LogP contribution >= 0.6 is 0 Å². The zero-order valence-corrected chi connectivity index (χ0v) is 18.8. The lowest BCUT2D eigenvalue weighted by Crippen LogP contribution is -2.54. The number of aliphatic carboxylic acids is 1. The molecule has 170 valence electrons. The Morgan fingerprint density at radius 2 is 1.80 bits per heavy atom. The van der Waals surface area contributed by atoms with E-state index >= 15 is 0 Å². The van der Waals surface area contributed by atoms with E-state index < -0.39 is 18.1 Å². The fourth-order valence-electron chi connectivity index (χ4n) is 5.07. The predicted molar refractivity (Wildman–Crippen MR) is 112 cm³/mol. The summed E-state index contributed by atoms with van der Waals surface area (Å²) in [5.74, 6) is -1.03. The van der Waals surface area contributed by atoms with E-state index in [9.17, 15) is 19.5 Å². The minimum atomic E-state index is -1.01. The first kappa shape index (κ1) is 22.8. The van der Waals surface area contributed by atoms with Crippen molar-refractivity contribution in [2.75, 3.05) is 26.7 Å². The summed E-state index contributed by atoms with van der Waals surface area (Å²) in [5.41, 5.74) is 0.264. The van der Waals surface area contributed by atoms with Crippen LogP contribution < -0.4 is 0 Å². The quantitative estimate of drug-likeness (QED) is 0.734. The third-order valence-electron chi connectivity index (χ3n) is 7.17. The Bertz CT molecular complexity index is 651. The number of amides is 3. The van der Waals surface area contributed by atoms with E-state index in [1.54, 1.807) is 7.05 Å². The second-order valence-electron chi connectivity index (χ2n) is 9.84. The van der Waals surface area contributed by atoms with Crippen LogP contribution in [0, 0.1) is 5.41 Å². The van der Waals surface area contributed by atoms with E-state index in [0.29, 0.717) is 19.6 Å². The number of carbonyl (C=O) groups excluding carboxylic acids is 2. The second kappa shape index (κ2) is 9.12. The number of carboxylic acids is 1. The van der Waals surface area contributed by atoms with Gasteiger partial charge >= 0.3 is 12.0 Å². The molecule has 3 amide bonds. The van der Waals surface area contributed by atoms with E-state index in [4.69, 9.17) is 4.74 Å². The van der Waals surface area contributed by atoms with Crippen LogP contribution in [0.15, 0.2) is 0 Å². The van der Waals surface area contributed by atoms with Crippen molar-refractivity contribution < 1.29 is 24.2 Å². The molecule has 0 aromatic rings. The third kappa shape index (κ3) is 4.74. The van der Waals surface area contributed by atoms with Crippen LogP contribution in [-0.4, -0.2) is 88.7 Å². The Hall–Kier alpha value is -1.83. The highest BCUT2D eigenvalue weighted by Crippen LogP contribution is 2.39. The van der Waals surface area contributed by atoms with Crippen molar-refractivity contribution in [1.29, 1.82) is 0 Å².